The van der Waals surface area contributed by atoms with Crippen molar-refractivity contribution in [3.8, 4) is 0 Å². The lowest BCUT2D eigenvalue weighted by Gasteiger charge is -2.33. The monoisotopic (exact) mass is 299 g/mol. The molecule has 2 rings (SSSR count). The minimum absolute atomic E-state index is 0.124. The maximum Gasteiger partial charge on any atom is 0.243 e. The molecule has 0 radical (unpaired) electrons. The van der Waals surface area contributed by atoms with Crippen molar-refractivity contribution in [2.45, 2.75) is 37.4 Å². The summed E-state index contributed by atoms with van der Waals surface area (Å²) in [5.74, 6) is 0.124. The van der Waals surface area contributed by atoms with Crippen molar-refractivity contribution < 1.29 is 18.6 Å². The van der Waals surface area contributed by atoms with Crippen LogP contribution in [0.1, 0.15) is 31.9 Å². The molecule has 112 valence electrons. The van der Waals surface area contributed by atoms with E-state index in [0.717, 1.165) is 0 Å². The molecule has 0 saturated carbocycles. The van der Waals surface area contributed by atoms with Gasteiger partial charge in [-0.25, -0.2) is 8.42 Å². The van der Waals surface area contributed by atoms with E-state index in [1.54, 1.807) is 19.1 Å². The van der Waals surface area contributed by atoms with Gasteiger partial charge >= 0.3 is 0 Å². The number of hydrogen-bond donors (Lipinski definition) is 2. The summed E-state index contributed by atoms with van der Waals surface area (Å²) in [5, 5.41) is 19.3. The van der Waals surface area contributed by atoms with Gasteiger partial charge in [0.25, 0.3) is 0 Å². The van der Waals surface area contributed by atoms with Crippen LogP contribution in [-0.4, -0.2) is 42.1 Å². The number of aliphatic hydroxyl groups is 2. The summed E-state index contributed by atoms with van der Waals surface area (Å²) in [6.45, 7) is 4.12. The molecule has 1 aliphatic heterocycles. The van der Waals surface area contributed by atoms with E-state index >= 15 is 0 Å². The first kappa shape index (κ1) is 15.4. The normalized spacial score (nSPS) is 26.4. The van der Waals surface area contributed by atoms with Crippen LogP contribution in [0.25, 0.3) is 0 Å². The molecule has 2 N–H and O–H groups in total. The van der Waals surface area contributed by atoms with E-state index in [1.165, 1.54) is 16.4 Å². The number of β-amino-alcohol motifs (C(OH)–C–C–N with tert-alkyl or cyclic N) is 1. The van der Waals surface area contributed by atoms with E-state index in [1.807, 2.05) is 6.92 Å². The van der Waals surface area contributed by atoms with Crippen LogP contribution in [0.3, 0.4) is 0 Å². The molecule has 0 aliphatic carbocycles. The van der Waals surface area contributed by atoms with Gasteiger partial charge in [0.1, 0.15) is 0 Å². The molecule has 1 aliphatic rings. The first-order chi connectivity index (χ1) is 9.32. The number of rotatable bonds is 3. The first-order valence-corrected chi connectivity index (χ1v) is 8.22. The van der Waals surface area contributed by atoms with Gasteiger partial charge in [0.15, 0.2) is 0 Å². The maximum atomic E-state index is 12.5. The Bertz CT molecular complexity index is 553. The summed E-state index contributed by atoms with van der Waals surface area (Å²) >= 11 is 0. The molecule has 5 nitrogen and oxygen atoms in total. The van der Waals surface area contributed by atoms with Crippen molar-refractivity contribution in [2.24, 2.45) is 5.92 Å². The highest BCUT2D eigenvalue weighted by Crippen LogP contribution is 2.24. The number of aliphatic hydroxyl groups excluding tert-OH is 2. The zero-order chi connectivity index (χ0) is 14.9. The second-order valence-electron chi connectivity index (χ2n) is 5.44. The summed E-state index contributed by atoms with van der Waals surface area (Å²) in [7, 11) is -3.57. The molecule has 0 bridgehead atoms. The predicted molar refractivity (Wildman–Crippen MR) is 75.6 cm³/mol. The minimum atomic E-state index is -3.57. The summed E-state index contributed by atoms with van der Waals surface area (Å²) in [6, 6.07) is 6.23. The lowest BCUT2D eigenvalue weighted by atomic mass is 9.98. The molecule has 0 aromatic heterocycles. The molecule has 1 aromatic carbocycles. The van der Waals surface area contributed by atoms with Crippen molar-refractivity contribution in [1.29, 1.82) is 0 Å². The highest BCUT2D eigenvalue weighted by molar-refractivity contribution is 7.89. The van der Waals surface area contributed by atoms with Crippen LogP contribution in [0.4, 0.5) is 0 Å². The van der Waals surface area contributed by atoms with Crippen LogP contribution in [0, 0.1) is 5.92 Å². The van der Waals surface area contributed by atoms with Crippen molar-refractivity contribution in [2.75, 3.05) is 13.1 Å². The SMILES string of the molecule is CC(O)c1ccc(S(=O)(=O)N2CCC(C)C(O)C2)cc1. The largest absolute Gasteiger partial charge is 0.391 e. The van der Waals surface area contributed by atoms with Crippen molar-refractivity contribution >= 4 is 10.0 Å². The fourth-order valence-corrected chi connectivity index (χ4v) is 3.78. The molecule has 3 unspecified atom stereocenters. The maximum absolute atomic E-state index is 12.5. The molecule has 0 amide bonds. The summed E-state index contributed by atoms with van der Waals surface area (Å²) in [5.41, 5.74) is 0.677. The Balaban J connectivity index is 2.22. The molecule has 6 heteroatoms. The molecular weight excluding hydrogens is 278 g/mol. The lowest BCUT2D eigenvalue weighted by molar-refractivity contribution is 0.0605. The van der Waals surface area contributed by atoms with Gasteiger partial charge in [-0.2, -0.15) is 4.31 Å². The van der Waals surface area contributed by atoms with E-state index in [4.69, 9.17) is 0 Å². The fourth-order valence-electron chi connectivity index (χ4n) is 2.31. The third-order valence-electron chi connectivity index (χ3n) is 3.88. The molecule has 1 heterocycles. The Kier molecular flexibility index (Phi) is 4.49. The number of sulfonamides is 1. The van der Waals surface area contributed by atoms with E-state index in [9.17, 15) is 18.6 Å². The molecule has 1 aromatic rings. The number of nitrogens with zero attached hydrogens (tertiary/aromatic N) is 1. The Morgan fingerprint density at radius 3 is 2.40 bits per heavy atom. The Morgan fingerprint density at radius 1 is 1.30 bits per heavy atom. The highest BCUT2D eigenvalue weighted by atomic mass is 32.2. The summed E-state index contributed by atoms with van der Waals surface area (Å²) < 4.78 is 26.3. The van der Waals surface area contributed by atoms with Crippen LogP contribution >= 0.6 is 0 Å². The van der Waals surface area contributed by atoms with Crippen LogP contribution in [-0.2, 0) is 10.0 Å². The van der Waals surface area contributed by atoms with Gasteiger partial charge in [0, 0.05) is 13.1 Å². The Labute approximate surface area is 119 Å². The van der Waals surface area contributed by atoms with E-state index < -0.39 is 22.2 Å². The van der Waals surface area contributed by atoms with E-state index in [0.29, 0.717) is 18.5 Å². The van der Waals surface area contributed by atoms with Crippen LogP contribution in [0.5, 0.6) is 0 Å². The van der Waals surface area contributed by atoms with Gasteiger partial charge in [-0.15, -0.1) is 0 Å². The standard InChI is InChI=1S/C14H21NO4S/c1-10-7-8-15(9-14(10)17)20(18,19)13-5-3-12(4-6-13)11(2)16/h3-6,10-11,14,16-17H,7-9H2,1-2H3. The zero-order valence-corrected chi connectivity index (χ0v) is 12.5. The molecule has 20 heavy (non-hydrogen) atoms. The second-order valence-corrected chi connectivity index (χ2v) is 7.38. The van der Waals surface area contributed by atoms with Gasteiger partial charge in [0.2, 0.25) is 10.0 Å². The lowest BCUT2D eigenvalue weighted by Crippen LogP contribution is -2.45. The Morgan fingerprint density at radius 2 is 1.90 bits per heavy atom. The van der Waals surface area contributed by atoms with Crippen LogP contribution < -0.4 is 0 Å². The van der Waals surface area contributed by atoms with Gasteiger partial charge in [-0.1, -0.05) is 19.1 Å². The molecule has 0 spiro atoms. The smallest absolute Gasteiger partial charge is 0.243 e. The van der Waals surface area contributed by atoms with E-state index in [2.05, 4.69) is 0 Å². The quantitative estimate of drug-likeness (QED) is 0.877. The fraction of sp³-hybridized carbons (Fsp3) is 0.571. The van der Waals surface area contributed by atoms with Gasteiger partial charge in [-0.3, -0.25) is 0 Å². The Hall–Kier alpha value is -0.950. The number of benzene rings is 1. The summed E-state index contributed by atoms with van der Waals surface area (Å²) in [4.78, 5) is 0.198. The third kappa shape index (κ3) is 3.03. The van der Waals surface area contributed by atoms with Gasteiger partial charge in [-0.05, 0) is 37.0 Å². The van der Waals surface area contributed by atoms with Gasteiger partial charge in [0.05, 0.1) is 17.1 Å². The molecule has 1 saturated heterocycles. The van der Waals surface area contributed by atoms with Gasteiger partial charge < -0.3 is 10.2 Å². The van der Waals surface area contributed by atoms with Crippen molar-refractivity contribution in [1.82, 2.24) is 4.31 Å². The molecule has 1 fully saturated rings. The van der Waals surface area contributed by atoms with Crippen LogP contribution in [0.2, 0.25) is 0 Å². The summed E-state index contributed by atoms with van der Waals surface area (Å²) in [6.07, 6.45) is -0.578. The number of piperidine rings is 1. The average Bonchev–Trinajstić information content (AvgIpc) is 2.41. The highest BCUT2D eigenvalue weighted by Gasteiger charge is 2.32. The van der Waals surface area contributed by atoms with Crippen LogP contribution in [0.15, 0.2) is 29.2 Å². The number of hydrogen-bond acceptors (Lipinski definition) is 4. The second kappa shape index (κ2) is 5.81. The third-order valence-corrected chi connectivity index (χ3v) is 5.76. The zero-order valence-electron chi connectivity index (χ0n) is 11.7. The topological polar surface area (TPSA) is 77.8 Å². The van der Waals surface area contributed by atoms with Crippen molar-refractivity contribution in [3.05, 3.63) is 29.8 Å². The minimum Gasteiger partial charge on any atom is -0.391 e. The molecular formula is C14H21NO4S. The first-order valence-electron chi connectivity index (χ1n) is 6.78. The van der Waals surface area contributed by atoms with E-state index in [-0.39, 0.29) is 17.4 Å². The molecule has 3 atom stereocenters. The predicted octanol–water partition coefficient (Wildman–Crippen LogP) is 1.13. The van der Waals surface area contributed by atoms with Crippen molar-refractivity contribution in [3.63, 3.8) is 0 Å². The average molecular weight is 299 g/mol.